The molecule has 0 heterocycles. The molecule has 0 aliphatic heterocycles. The van der Waals surface area contributed by atoms with Crippen molar-refractivity contribution < 1.29 is 14.3 Å². The summed E-state index contributed by atoms with van der Waals surface area (Å²) in [6.07, 6.45) is 1.77. The standard InChI is InChI=1S/C17H26ClNO3/c1-6-9-22-16-14(18)10-13(11-15(16)21-8-3)17(20)19(5)12(4)7-2/h10-12H,6-9H2,1-5H3. The summed E-state index contributed by atoms with van der Waals surface area (Å²) in [4.78, 5) is 14.3. The third-order valence-corrected chi connectivity index (χ3v) is 3.86. The number of carbonyl (C=O) groups excluding carboxylic acids is 1. The highest BCUT2D eigenvalue weighted by Gasteiger charge is 2.20. The minimum atomic E-state index is -0.0701. The minimum Gasteiger partial charge on any atom is -0.490 e. The van der Waals surface area contributed by atoms with Crippen molar-refractivity contribution >= 4 is 17.5 Å². The number of halogens is 1. The maximum Gasteiger partial charge on any atom is 0.254 e. The van der Waals surface area contributed by atoms with Gasteiger partial charge < -0.3 is 14.4 Å². The fourth-order valence-electron chi connectivity index (χ4n) is 1.98. The predicted octanol–water partition coefficient (Wildman–Crippen LogP) is 4.40. The Morgan fingerprint density at radius 3 is 2.50 bits per heavy atom. The van der Waals surface area contributed by atoms with Gasteiger partial charge in [-0.1, -0.05) is 25.4 Å². The van der Waals surface area contributed by atoms with Crippen molar-refractivity contribution in [1.82, 2.24) is 4.90 Å². The van der Waals surface area contributed by atoms with Gasteiger partial charge in [0, 0.05) is 18.7 Å². The largest absolute Gasteiger partial charge is 0.490 e. The summed E-state index contributed by atoms with van der Waals surface area (Å²) < 4.78 is 11.2. The summed E-state index contributed by atoms with van der Waals surface area (Å²) in [5.74, 6) is 0.955. The minimum absolute atomic E-state index is 0.0701. The lowest BCUT2D eigenvalue weighted by molar-refractivity contribution is 0.0740. The maximum atomic E-state index is 12.5. The van der Waals surface area contributed by atoms with Gasteiger partial charge in [0.1, 0.15) is 0 Å². The van der Waals surface area contributed by atoms with E-state index in [2.05, 4.69) is 6.92 Å². The number of amides is 1. The maximum absolute atomic E-state index is 12.5. The Morgan fingerprint density at radius 2 is 1.95 bits per heavy atom. The Morgan fingerprint density at radius 1 is 1.27 bits per heavy atom. The van der Waals surface area contributed by atoms with Gasteiger partial charge in [-0.2, -0.15) is 0 Å². The van der Waals surface area contributed by atoms with E-state index < -0.39 is 0 Å². The van der Waals surface area contributed by atoms with Crippen LogP contribution in [0.15, 0.2) is 12.1 Å². The summed E-state index contributed by atoms with van der Waals surface area (Å²) >= 11 is 6.29. The second kappa shape index (κ2) is 8.89. The van der Waals surface area contributed by atoms with Gasteiger partial charge in [-0.05, 0) is 38.8 Å². The molecule has 22 heavy (non-hydrogen) atoms. The molecule has 1 atom stereocenters. The second-order valence-corrected chi connectivity index (χ2v) is 5.65. The average Bonchev–Trinajstić information content (AvgIpc) is 2.52. The Bertz CT molecular complexity index is 505. The Kier molecular flexibility index (Phi) is 7.52. The normalized spacial score (nSPS) is 11.9. The van der Waals surface area contributed by atoms with E-state index >= 15 is 0 Å². The van der Waals surface area contributed by atoms with Crippen LogP contribution in [0, 0.1) is 0 Å². The van der Waals surface area contributed by atoms with Crippen LogP contribution in [0.4, 0.5) is 0 Å². The number of nitrogens with zero attached hydrogens (tertiary/aromatic N) is 1. The Hall–Kier alpha value is -1.42. The van der Waals surface area contributed by atoms with Gasteiger partial charge >= 0.3 is 0 Å². The molecule has 0 fully saturated rings. The van der Waals surface area contributed by atoms with Crippen molar-refractivity contribution in [2.24, 2.45) is 0 Å². The zero-order chi connectivity index (χ0) is 16.7. The summed E-state index contributed by atoms with van der Waals surface area (Å²) in [6, 6.07) is 3.52. The van der Waals surface area contributed by atoms with Gasteiger partial charge in [0.25, 0.3) is 5.91 Å². The molecule has 0 radical (unpaired) electrons. The number of benzene rings is 1. The van der Waals surface area contributed by atoms with Crippen molar-refractivity contribution in [1.29, 1.82) is 0 Å². The second-order valence-electron chi connectivity index (χ2n) is 5.24. The fourth-order valence-corrected chi connectivity index (χ4v) is 2.24. The zero-order valence-corrected chi connectivity index (χ0v) is 14.9. The summed E-state index contributed by atoms with van der Waals surface area (Å²) in [5, 5.41) is 0.403. The molecule has 0 aliphatic rings. The number of ether oxygens (including phenoxy) is 2. The van der Waals surface area contributed by atoms with Crippen LogP contribution in [0.1, 0.15) is 50.9 Å². The van der Waals surface area contributed by atoms with Crippen molar-refractivity contribution in [3.8, 4) is 11.5 Å². The van der Waals surface area contributed by atoms with Crippen molar-refractivity contribution in [3.05, 3.63) is 22.7 Å². The SMILES string of the molecule is CCCOc1c(Cl)cc(C(=O)N(C)C(C)CC)cc1OCC. The van der Waals surface area contributed by atoms with E-state index in [9.17, 15) is 4.79 Å². The van der Waals surface area contributed by atoms with E-state index in [0.29, 0.717) is 35.3 Å². The lowest BCUT2D eigenvalue weighted by Gasteiger charge is -2.24. The lowest BCUT2D eigenvalue weighted by Crippen LogP contribution is -2.34. The van der Waals surface area contributed by atoms with Gasteiger partial charge in [-0.15, -0.1) is 0 Å². The monoisotopic (exact) mass is 327 g/mol. The van der Waals surface area contributed by atoms with Crippen molar-refractivity contribution in [2.45, 2.75) is 46.6 Å². The van der Waals surface area contributed by atoms with Crippen LogP contribution in [0.25, 0.3) is 0 Å². The van der Waals surface area contributed by atoms with Crippen LogP contribution in [0.3, 0.4) is 0 Å². The molecule has 0 spiro atoms. The predicted molar refractivity (Wildman–Crippen MR) is 90.3 cm³/mol. The molecule has 0 N–H and O–H groups in total. The molecule has 0 saturated carbocycles. The van der Waals surface area contributed by atoms with E-state index in [1.807, 2.05) is 20.8 Å². The van der Waals surface area contributed by atoms with E-state index in [0.717, 1.165) is 12.8 Å². The highest BCUT2D eigenvalue weighted by Crippen LogP contribution is 2.37. The first-order valence-corrected chi connectivity index (χ1v) is 8.20. The molecule has 5 heteroatoms. The molecule has 0 saturated heterocycles. The van der Waals surface area contributed by atoms with Crippen LogP contribution < -0.4 is 9.47 Å². The van der Waals surface area contributed by atoms with Crippen LogP contribution in [-0.4, -0.2) is 37.1 Å². The molecule has 0 aliphatic carbocycles. The van der Waals surface area contributed by atoms with E-state index in [4.69, 9.17) is 21.1 Å². The lowest BCUT2D eigenvalue weighted by atomic mass is 10.1. The zero-order valence-electron chi connectivity index (χ0n) is 14.1. The third kappa shape index (κ3) is 4.54. The number of rotatable bonds is 8. The number of hydrogen-bond acceptors (Lipinski definition) is 3. The third-order valence-electron chi connectivity index (χ3n) is 3.58. The topological polar surface area (TPSA) is 38.8 Å². The quantitative estimate of drug-likeness (QED) is 0.710. The van der Waals surface area contributed by atoms with Gasteiger partial charge in [0.2, 0.25) is 0 Å². The van der Waals surface area contributed by atoms with Crippen LogP contribution in [0.5, 0.6) is 11.5 Å². The molecule has 124 valence electrons. The van der Waals surface area contributed by atoms with Crippen molar-refractivity contribution in [2.75, 3.05) is 20.3 Å². The molecule has 1 aromatic carbocycles. The summed E-state index contributed by atoms with van der Waals surface area (Å²) in [5.41, 5.74) is 0.514. The first-order valence-electron chi connectivity index (χ1n) is 7.82. The van der Waals surface area contributed by atoms with Crippen LogP contribution in [-0.2, 0) is 0 Å². The highest BCUT2D eigenvalue weighted by atomic mass is 35.5. The van der Waals surface area contributed by atoms with Gasteiger partial charge in [-0.3, -0.25) is 4.79 Å². The smallest absolute Gasteiger partial charge is 0.254 e. The van der Waals surface area contributed by atoms with Crippen LogP contribution in [0.2, 0.25) is 5.02 Å². The molecule has 4 nitrogen and oxygen atoms in total. The van der Waals surface area contributed by atoms with Gasteiger partial charge in [0.05, 0.1) is 18.2 Å². The summed E-state index contributed by atoms with van der Waals surface area (Å²) in [7, 11) is 1.80. The number of hydrogen-bond donors (Lipinski definition) is 0. The van der Waals surface area contributed by atoms with Crippen molar-refractivity contribution in [3.63, 3.8) is 0 Å². The van der Waals surface area contributed by atoms with E-state index in [-0.39, 0.29) is 11.9 Å². The van der Waals surface area contributed by atoms with E-state index in [1.54, 1.807) is 24.1 Å². The molecule has 1 amide bonds. The molecular weight excluding hydrogens is 302 g/mol. The summed E-state index contributed by atoms with van der Waals surface area (Å²) in [6.45, 7) is 9.01. The van der Waals surface area contributed by atoms with Crippen LogP contribution >= 0.6 is 11.6 Å². The average molecular weight is 328 g/mol. The molecule has 1 unspecified atom stereocenters. The van der Waals surface area contributed by atoms with Gasteiger partial charge in [-0.25, -0.2) is 0 Å². The first kappa shape index (κ1) is 18.6. The Balaban J connectivity index is 3.14. The number of carbonyl (C=O) groups is 1. The van der Waals surface area contributed by atoms with E-state index in [1.165, 1.54) is 0 Å². The highest BCUT2D eigenvalue weighted by molar-refractivity contribution is 6.32. The molecular formula is C17H26ClNO3. The molecule has 0 aromatic heterocycles. The molecule has 1 rings (SSSR count). The molecule has 0 bridgehead atoms. The first-order chi connectivity index (χ1) is 10.5. The Labute approximate surface area is 138 Å². The molecule has 1 aromatic rings. The van der Waals surface area contributed by atoms with Gasteiger partial charge in [0.15, 0.2) is 11.5 Å². The fraction of sp³-hybridized carbons (Fsp3) is 0.588.